The second-order valence-electron chi connectivity index (χ2n) is 7.48. The average molecular weight is 465 g/mol. The monoisotopic (exact) mass is 464 g/mol. The van der Waals surface area contributed by atoms with Gasteiger partial charge in [-0.25, -0.2) is 9.59 Å². The third kappa shape index (κ3) is 6.43. The molecule has 34 heavy (non-hydrogen) atoms. The standard InChI is InChI=1S/C21H24N4O.C4H4O4/c1-3-24(4-2)11-12-25-20(16-7-5-6-8-17(16)21(25)26)18-13-15(14-22)9-10-19(18)23;5-3(6)1-2-4(7)8/h5-10,13,20H,3-4,11-12,23H2,1-2H3;1-2H,(H,5,6)(H,7,8)/b;2-1+. The number of likely N-dealkylation sites (N-methyl/N-ethyl adjacent to an activating group) is 1. The van der Waals surface area contributed by atoms with Crippen LogP contribution >= 0.6 is 0 Å². The topological polar surface area (TPSA) is 148 Å². The van der Waals surface area contributed by atoms with Gasteiger partial charge in [0.2, 0.25) is 0 Å². The first-order valence-electron chi connectivity index (χ1n) is 10.8. The number of amides is 1. The molecule has 0 aromatic heterocycles. The van der Waals surface area contributed by atoms with Crippen molar-refractivity contribution in [2.24, 2.45) is 0 Å². The highest BCUT2D eigenvalue weighted by Gasteiger charge is 2.38. The van der Waals surface area contributed by atoms with Gasteiger partial charge < -0.3 is 25.7 Å². The van der Waals surface area contributed by atoms with E-state index in [0.29, 0.717) is 29.9 Å². The van der Waals surface area contributed by atoms with Gasteiger partial charge in [0.15, 0.2) is 0 Å². The number of carboxylic acid groups (broad SMARTS) is 2. The Morgan fingerprint density at radius 2 is 1.71 bits per heavy atom. The lowest BCUT2D eigenvalue weighted by molar-refractivity contribution is -0.134. The van der Waals surface area contributed by atoms with Gasteiger partial charge in [-0.2, -0.15) is 5.26 Å². The van der Waals surface area contributed by atoms with Crippen LogP contribution in [0.15, 0.2) is 54.6 Å². The largest absolute Gasteiger partial charge is 0.478 e. The molecular weight excluding hydrogens is 436 g/mol. The second-order valence-corrected chi connectivity index (χ2v) is 7.48. The van der Waals surface area contributed by atoms with Gasteiger partial charge in [0, 0.05) is 42.1 Å². The molecule has 0 saturated carbocycles. The van der Waals surface area contributed by atoms with E-state index in [1.54, 1.807) is 18.2 Å². The third-order valence-corrected chi connectivity index (χ3v) is 5.49. The Kier molecular flexibility index (Phi) is 9.35. The Balaban J connectivity index is 0.000000440. The van der Waals surface area contributed by atoms with Crippen LogP contribution in [-0.4, -0.2) is 64.0 Å². The molecule has 0 aliphatic carbocycles. The molecule has 0 saturated heterocycles. The van der Waals surface area contributed by atoms with Crippen molar-refractivity contribution >= 4 is 23.5 Å². The SMILES string of the molecule is CCN(CC)CCN1C(=O)c2ccccc2C1c1cc(C#N)ccc1N.O=C(O)/C=C/C(=O)O. The van der Waals surface area contributed by atoms with Gasteiger partial charge in [0.05, 0.1) is 17.7 Å². The molecule has 9 heteroatoms. The molecule has 2 aromatic carbocycles. The fourth-order valence-corrected chi connectivity index (χ4v) is 3.75. The number of rotatable bonds is 8. The lowest BCUT2D eigenvalue weighted by Crippen LogP contribution is -2.37. The summed E-state index contributed by atoms with van der Waals surface area (Å²) in [5, 5.41) is 24.9. The molecule has 1 heterocycles. The number of anilines is 1. The highest BCUT2D eigenvalue weighted by molar-refractivity contribution is 6.00. The minimum absolute atomic E-state index is 0.0273. The number of nitrogens with two attached hydrogens (primary N) is 1. The second kappa shape index (κ2) is 12.2. The van der Waals surface area contributed by atoms with E-state index in [2.05, 4.69) is 24.8 Å². The maximum atomic E-state index is 13.0. The minimum Gasteiger partial charge on any atom is -0.478 e. The Labute approximate surface area is 198 Å². The smallest absolute Gasteiger partial charge is 0.328 e. The van der Waals surface area contributed by atoms with E-state index >= 15 is 0 Å². The van der Waals surface area contributed by atoms with Crippen molar-refractivity contribution in [3.8, 4) is 6.07 Å². The quantitative estimate of drug-likeness (QED) is 0.399. The van der Waals surface area contributed by atoms with Gasteiger partial charge in [0.1, 0.15) is 0 Å². The molecule has 0 spiro atoms. The predicted molar refractivity (Wildman–Crippen MR) is 127 cm³/mol. The van der Waals surface area contributed by atoms with E-state index in [9.17, 15) is 19.6 Å². The Morgan fingerprint density at radius 3 is 2.26 bits per heavy atom. The molecule has 1 atom stereocenters. The number of nitriles is 1. The van der Waals surface area contributed by atoms with Crippen molar-refractivity contribution < 1.29 is 24.6 Å². The first-order valence-corrected chi connectivity index (χ1v) is 10.8. The lowest BCUT2D eigenvalue weighted by atomic mass is 9.95. The number of hydrogen-bond donors (Lipinski definition) is 3. The number of hydrogen-bond acceptors (Lipinski definition) is 6. The van der Waals surface area contributed by atoms with E-state index in [1.165, 1.54) is 0 Å². The summed E-state index contributed by atoms with van der Waals surface area (Å²) < 4.78 is 0. The molecule has 1 unspecified atom stereocenters. The predicted octanol–water partition coefficient (Wildman–Crippen LogP) is 2.74. The summed E-state index contributed by atoms with van der Waals surface area (Å²) in [6.45, 7) is 7.56. The lowest BCUT2D eigenvalue weighted by Gasteiger charge is -2.29. The highest BCUT2D eigenvalue weighted by Crippen LogP contribution is 2.40. The van der Waals surface area contributed by atoms with Gasteiger partial charge >= 0.3 is 11.9 Å². The molecule has 1 aliphatic heterocycles. The van der Waals surface area contributed by atoms with E-state index in [-0.39, 0.29) is 11.9 Å². The van der Waals surface area contributed by atoms with Crippen LogP contribution in [0, 0.1) is 11.3 Å². The Hall–Kier alpha value is -4.16. The van der Waals surface area contributed by atoms with Crippen LogP contribution in [0.2, 0.25) is 0 Å². The molecule has 1 amide bonds. The summed E-state index contributed by atoms with van der Waals surface area (Å²) in [6, 6.07) is 14.9. The third-order valence-electron chi connectivity index (χ3n) is 5.49. The van der Waals surface area contributed by atoms with Crippen LogP contribution < -0.4 is 5.73 Å². The zero-order valence-electron chi connectivity index (χ0n) is 19.1. The molecule has 178 valence electrons. The average Bonchev–Trinajstić information content (AvgIpc) is 3.11. The number of carboxylic acids is 2. The highest BCUT2D eigenvalue weighted by atomic mass is 16.4. The maximum absolute atomic E-state index is 13.0. The van der Waals surface area contributed by atoms with Crippen molar-refractivity contribution in [3.05, 3.63) is 76.9 Å². The normalized spacial score (nSPS) is 14.5. The van der Waals surface area contributed by atoms with Gasteiger partial charge in [-0.1, -0.05) is 32.0 Å². The molecule has 1 aliphatic rings. The number of carbonyl (C=O) groups excluding carboxylic acids is 1. The summed E-state index contributed by atoms with van der Waals surface area (Å²) in [4.78, 5) is 36.3. The van der Waals surface area contributed by atoms with Crippen LogP contribution in [-0.2, 0) is 9.59 Å². The molecule has 0 radical (unpaired) electrons. The fourth-order valence-electron chi connectivity index (χ4n) is 3.75. The van der Waals surface area contributed by atoms with Gasteiger partial charge in [0.25, 0.3) is 5.91 Å². The van der Waals surface area contributed by atoms with Crippen LogP contribution in [0.1, 0.15) is 46.9 Å². The molecular formula is C25H28N4O5. The first-order chi connectivity index (χ1) is 16.2. The molecule has 0 bridgehead atoms. The summed E-state index contributed by atoms with van der Waals surface area (Å²) >= 11 is 0. The Morgan fingerprint density at radius 1 is 1.09 bits per heavy atom. The van der Waals surface area contributed by atoms with E-state index in [0.717, 1.165) is 36.3 Å². The number of carbonyl (C=O) groups is 3. The van der Waals surface area contributed by atoms with Crippen LogP contribution in [0.3, 0.4) is 0 Å². The summed E-state index contributed by atoms with van der Waals surface area (Å²) in [6.07, 6.45) is 1.12. The molecule has 4 N–H and O–H groups in total. The summed E-state index contributed by atoms with van der Waals surface area (Å²) in [7, 11) is 0. The van der Waals surface area contributed by atoms with Gasteiger partial charge in [-0.3, -0.25) is 4.79 Å². The summed E-state index contributed by atoms with van der Waals surface area (Å²) in [5.41, 5.74) is 9.89. The van der Waals surface area contributed by atoms with Crippen molar-refractivity contribution in [3.63, 3.8) is 0 Å². The van der Waals surface area contributed by atoms with Crippen LogP contribution in [0.25, 0.3) is 0 Å². The maximum Gasteiger partial charge on any atom is 0.328 e. The minimum atomic E-state index is -1.26. The van der Waals surface area contributed by atoms with E-state index in [4.69, 9.17) is 15.9 Å². The van der Waals surface area contributed by atoms with E-state index in [1.807, 2.05) is 29.2 Å². The number of fused-ring (bicyclic) bond motifs is 1. The van der Waals surface area contributed by atoms with Crippen molar-refractivity contribution in [2.45, 2.75) is 19.9 Å². The van der Waals surface area contributed by atoms with Crippen molar-refractivity contribution in [1.29, 1.82) is 5.26 Å². The number of benzene rings is 2. The molecule has 2 aromatic rings. The Bertz CT molecular complexity index is 1100. The first kappa shape index (κ1) is 26.1. The zero-order valence-corrected chi connectivity index (χ0v) is 19.1. The molecule has 3 rings (SSSR count). The van der Waals surface area contributed by atoms with Crippen molar-refractivity contribution in [2.75, 3.05) is 31.9 Å². The number of aliphatic carboxylic acids is 2. The molecule has 0 fully saturated rings. The fraction of sp³-hybridized carbons (Fsp3) is 0.280. The van der Waals surface area contributed by atoms with Crippen molar-refractivity contribution in [1.82, 2.24) is 9.80 Å². The number of nitrogen functional groups attached to an aromatic ring is 1. The number of nitrogens with zero attached hydrogens (tertiary/aromatic N) is 3. The van der Waals surface area contributed by atoms with Crippen LogP contribution in [0.5, 0.6) is 0 Å². The van der Waals surface area contributed by atoms with E-state index < -0.39 is 11.9 Å². The molecule has 9 nitrogen and oxygen atoms in total. The summed E-state index contributed by atoms with van der Waals surface area (Å²) in [5.74, 6) is -2.49. The van der Waals surface area contributed by atoms with Gasteiger partial charge in [-0.15, -0.1) is 0 Å². The van der Waals surface area contributed by atoms with Gasteiger partial charge in [-0.05, 0) is 42.9 Å². The zero-order chi connectivity index (χ0) is 25.3. The van der Waals surface area contributed by atoms with Crippen LogP contribution in [0.4, 0.5) is 5.69 Å².